The molecule has 0 radical (unpaired) electrons. The second-order valence-electron chi connectivity index (χ2n) is 8.97. The molecule has 8 nitrogen and oxygen atoms in total. The second kappa shape index (κ2) is 9.31. The monoisotopic (exact) mass is 473 g/mol. The zero-order valence-electron chi connectivity index (χ0n) is 19.2. The van der Waals surface area contributed by atoms with Crippen LogP contribution in [-0.2, 0) is 12.0 Å². The number of piperidine rings is 1. The van der Waals surface area contributed by atoms with Crippen molar-refractivity contribution in [2.45, 2.75) is 24.8 Å². The molecule has 35 heavy (non-hydrogen) atoms. The number of nitrogens with zero attached hydrogens (tertiary/aromatic N) is 1. The number of para-hydroxylation sites is 1. The van der Waals surface area contributed by atoms with Gasteiger partial charge < -0.3 is 25.3 Å². The standard InChI is InChI=1S/C27H27N3O5/c28-16-18-6-9-24-22(14-18)27(17-34-24)10-12-30(13-11-27)26(33)19-7-8-23(31)21(15-19)25(32)29-35-20-4-2-1-3-5-20/h1-9,14-15,31H,10-13,16-17,28H2,(H,29,32). The van der Waals surface area contributed by atoms with E-state index >= 15 is 0 Å². The molecule has 2 heterocycles. The predicted molar refractivity (Wildman–Crippen MR) is 129 cm³/mol. The van der Waals surface area contributed by atoms with Crippen LogP contribution in [0.4, 0.5) is 0 Å². The molecule has 0 saturated carbocycles. The highest BCUT2D eigenvalue weighted by Gasteiger charge is 2.44. The van der Waals surface area contributed by atoms with E-state index in [0.717, 1.165) is 24.2 Å². The Morgan fingerprint density at radius 1 is 1.06 bits per heavy atom. The number of hydrogen-bond acceptors (Lipinski definition) is 6. The number of hydrogen-bond donors (Lipinski definition) is 3. The SMILES string of the molecule is NCc1ccc2c(c1)C1(CCN(C(=O)c3ccc(O)c(C(=O)NOc4ccccc4)c3)CC1)CO2. The first-order valence-corrected chi connectivity index (χ1v) is 11.6. The molecule has 4 N–H and O–H groups in total. The van der Waals surface area contributed by atoms with Gasteiger partial charge in [0.1, 0.15) is 11.5 Å². The summed E-state index contributed by atoms with van der Waals surface area (Å²) in [6, 6.07) is 19.1. The fraction of sp³-hybridized carbons (Fsp3) is 0.259. The van der Waals surface area contributed by atoms with E-state index in [1.54, 1.807) is 29.2 Å². The Morgan fingerprint density at radius 3 is 2.57 bits per heavy atom. The van der Waals surface area contributed by atoms with E-state index < -0.39 is 5.91 Å². The van der Waals surface area contributed by atoms with Crippen LogP contribution in [0.2, 0.25) is 0 Å². The van der Waals surface area contributed by atoms with Gasteiger partial charge in [0.25, 0.3) is 11.8 Å². The van der Waals surface area contributed by atoms with Crippen molar-refractivity contribution >= 4 is 11.8 Å². The third kappa shape index (κ3) is 4.40. The predicted octanol–water partition coefficient (Wildman–Crippen LogP) is 3.14. The van der Waals surface area contributed by atoms with E-state index in [4.69, 9.17) is 15.3 Å². The number of hydroxylamine groups is 1. The lowest BCUT2D eigenvalue weighted by Crippen LogP contribution is -2.46. The number of nitrogens with one attached hydrogen (secondary N) is 1. The van der Waals surface area contributed by atoms with Crippen molar-refractivity contribution in [1.82, 2.24) is 10.4 Å². The number of rotatable bonds is 5. The van der Waals surface area contributed by atoms with Gasteiger partial charge >= 0.3 is 0 Å². The lowest BCUT2D eigenvalue weighted by molar-refractivity contribution is 0.0646. The highest BCUT2D eigenvalue weighted by molar-refractivity contribution is 6.01. The van der Waals surface area contributed by atoms with Gasteiger partial charge in [0, 0.05) is 36.2 Å². The number of carbonyl (C=O) groups excluding carboxylic acids is 2. The van der Waals surface area contributed by atoms with Gasteiger partial charge in [-0.2, -0.15) is 5.48 Å². The molecule has 3 aromatic rings. The topological polar surface area (TPSA) is 114 Å². The van der Waals surface area contributed by atoms with Crippen LogP contribution in [0.25, 0.3) is 0 Å². The van der Waals surface area contributed by atoms with Crippen molar-refractivity contribution in [3.05, 3.63) is 89.0 Å². The van der Waals surface area contributed by atoms with Crippen LogP contribution in [0.15, 0.2) is 66.7 Å². The van der Waals surface area contributed by atoms with Crippen LogP contribution in [0, 0.1) is 0 Å². The van der Waals surface area contributed by atoms with Crippen LogP contribution in [0.1, 0.15) is 44.7 Å². The fourth-order valence-electron chi connectivity index (χ4n) is 4.77. The number of amides is 2. The Morgan fingerprint density at radius 2 is 1.83 bits per heavy atom. The van der Waals surface area contributed by atoms with Crippen molar-refractivity contribution in [3.63, 3.8) is 0 Å². The molecule has 1 spiro atoms. The van der Waals surface area contributed by atoms with Crippen LogP contribution in [0.5, 0.6) is 17.2 Å². The van der Waals surface area contributed by atoms with E-state index in [2.05, 4.69) is 11.5 Å². The summed E-state index contributed by atoms with van der Waals surface area (Å²) in [5.74, 6) is 0.283. The lowest BCUT2D eigenvalue weighted by atomic mass is 9.74. The summed E-state index contributed by atoms with van der Waals surface area (Å²) in [6.45, 7) is 2.20. The molecule has 0 bridgehead atoms. The molecule has 1 fully saturated rings. The summed E-state index contributed by atoms with van der Waals surface area (Å²) < 4.78 is 5.95. The Kier molecular flexibility index (Phi) is 6.05. The van der Waals surface area contributed by atoms with Crippen molar-refractivity contribution < 1.29 is 24.3 Å². The molecule has 2 amide bonds. The number of fused-ring (bicyclic) bond motifs is 2. The van der Waals surface area contributed by atoms with Crippen molar-refractivity contribution in [1.29, 1.82) is 0 Å². The number of aromatic hydroxyl groups is 1. The molecule has 2 aliphatic rings. The van der Waals surface area contributed by atoms with Gasteiger partial charge in [-0.15, -0.1) is 0 Å². The quantitative estimate of drug-likeness (QED) is 0.491. The summed E-state index contributed by atoms with van der Waals surface area (Å²) in [5, 5.41) is 10.2. The number of likely N-dealkylation sites (tertiary alicyclic amines) is 1. The van der Waals surface area contributed by atoms with E-state index in [1.807, 2.05) is 18.2 Å². The molecule has 3 aromatic carbocycles. The minimum absolute atomic E-state index is 0.0345. The van der Waals surface area contributed by atoms with Gasteiger partial charge in [0.05, 0.1) is 12.2 Å². The molecular formula is C27H27N3O5. The van der Waals surface area contributed by atoms with E-state index in [9.17, 15) is 14.7 Å². The Bertz CT molecular complexity index is 1250. The molecule has 0 aliphatic carbocycles. The molecule has 5 rings (SSSR count). The van der Waals surface area contributed by atoms with E-state index in [1.165, 1.54) is 23.8 Å². The molecule has 8 heteroatoms. The van der Waals surface area contributed by atoms with Gasteiger partial charge in [-0.1, -0.05) is 30.3 Å². The minimum Gasteiger partial charge on any atom is -0.507 e. The third-order valence-corrected chi connectivity index (χ3v) is 6.86. The summed E-state index contributed by atoms with van der Waals surface area (Å²) in [6.07, 6.45) is 1.55. The number of ether oxygens (including phenoxy) is 1. The van der Waals surface area contributed by atoms with E-state index in [0.29, 0.717) is 37.6 Å². The zero-order valence-corrected chi connectivity index (χ0v) is 19.2. The molecule has 1 saturated heterocycles. The smallest absolute Gasteiger partial charge is 0.287 e. The van der Waals surface area contributed by atoms with Crippen molar-refractivity contribution in [3.8, 4) is 17.2 Å². The first-order valence-electron chi connectivity index (χ1n) is 11.6. The molecule has 180 valence electrons. The number of nitrogens with two attached hydrogens (primary N) is 1. The van der Waals surface area contributed by atoms with Gasteiger partial charge in [0.2, 0.25) is 0 Å². The number of benzene rings is 3. The third-order valence-electron chi connectivity index (χ3n) is 6.86. The summed E-state index contributed by atoms with van der Waals surface area (Å²) >= 11 is 0. The number of phenolic OH excluding ortho intramolecular Hbond substituents is 1. The number of carbonyl (C=O) groups is 2. The van der Waals surface area contributed by atoms with Gasteiger partial charge in [-0.25, -0.2) is 0 Å². The molecule has 0 unspecified atom stereocenters. The van der Waals surface area contributed by atoms with Crippen LogP contribution in [0.3, 0.4) is 0 Å². The maximum absolute atomic E-state index is 13.2. The maximum atomic E-state index is 13.2. The molecular weight excluding hydrogens is 446 g/mol. The average molecular weight is 474 g/mol. The largest absolute Gasteiger partial charge is 0.507 e. The van der Waals surface area contributed by atoms with E-state index in [-0.39, 0.29) is 22.6 Å². The summed E-state index contributed by atoms with van der Waals surface area (Å²) in [5.41, 5.74) is 10.6. The highest BCUT2D eigenvalue weighted by Crippen LogP contribution is 2.46. The van der Waals surface area contributed by atoms with Crippen LogP contribution >= 0.6 is 0 Å². The van der Waals surface area contributed by atoms with Gasteiger partial charge in [-0.3, -0.25) is 9.59 Å². The van der Waals surface area contributed by atoms with Gasteiger partial charge in [-0.05, 0) is 54.8 Å². The van der Waals surface area contributed by atoms with Crippen LogP contribution < -0.4 is 20.8 Å². The van der Waals surface area contributed by atoms with Crippen molar-refractivity contribution in [2.75, 3.05) is 19.7 Å². The first kappa shape index (κ1) is 22.7. The zero-order chi connectivity index (χ0) is 24.4. The summed E-state index contributed by atoms with van der Waals surface area (Å²) in [4.78, 5) is 32.9. The fourth-order valence-corrected chi connectivity index (χ4v) is 4.77. The Balaban J connectivity index is 1.27. The Hall–Kier alpha value is -4.04. The summed E-state index contributed by atoms with van der Waals surface area (Å²) in [7, 11) is 0. The molecule has 2 aliphatic heterocycles. The minimum atomic E-state index is -0.644. The first-order chi connectivity index (χ1) is 17.0. The normalized spacial score (nSPS) is 15.9. The average Bonchev–Trinajstić information content (AvgIpc) is 3.25. The number of phenols is 1. The Labute approximate surface area is 203 Å². The van der Waals surface area contributed by atoms with Crippen molar-refractivity contribution in [2.24, 2.45) is 5.73 Å². The molecule has 0 aromatic heterocycles. The highest BCUT2D eigenvalue weighted by atomic mass is 16.7. The van der Waals surface area contributed by atoms with Gasteiger partial charge in [0.15, 0.2) is 5.75 Å². The second-order valence-corrected chi connectivity index (χ2v) is 8.97. The molecule has 0 atom stereocenters. The lowest BCUT2D eigenvalue weighted by Gasteiger charge is -2.38. The maximum Gasteiger partial charge on any atom is 0.287 e. The van der Waals surface area contributed by atoms with Crippen LogP contribution in [-0.4, -0.2) is 41.5 Å².